The minimum absolute atomic E-state index is 0.00861. The third-order valence-corrected chi connectivity index (χ3v) is 3.66. The number of hydrogen-bond donors (Lipinski definition) is 0. The van der Waals surface area contributed by atoms with Gasteiger partial charge in [-0.2, -0.15) is 0 Å². The summed E-state index contributed by atoms with van der Waals surface area (Å²) < 4.78 is 0.973. The van der Waals surface area contributed by atoms with Gasteiger partial charge in [0.25, 0.3) is 0 Å². The largest absolute Gasteiger partial charge is 0.293 e. The first-order chi connectivity index (χ1) is 6.18. The zero-order valence-electron chi connectivity index (χ0n) is 6.89. The summed E-state index contributed by atoms with van der Waals surface area (Å²) in [7, 11) is 0. The normalized spacial score (nSPS) is 21.4. The Morgan fingerprint density at radius 1 is 1.38 bits per heavy atom. The van der Waals surface area contributed by atoms with Gasteiger partial charge in [-0.3, -0.25) is 4.79 Å². The zero-order valence-corrected chi connectivity index (χ0v) is 10.1. The maximum atomic E-state index is 11.7. The van der Waals surface area contributed by atoms with Crippen LogP contribution in [-0.2, 0) is 6.42 Å². The van der Waals surface area contributed by atoms with Crippen molar-refractivity contribution < 1.29 is 4.79 Å². The summed E-state index contributed by atoms with van der Waals surface area (Å²) >= 11 is 6.75. The summed E-state index contributed by atoms with van der Waals surface area (Å²) in [5.74, 6) is 0.211. The number of fused-ring (bicyclic) bond motifs is 1. The van der Waals surface area contributed by atoms with Gasteiger partial charge < -0.3 is 0 Å². The lowest BCUT2D eigenvalue weighted by Gasteiger charge is -2.18. The van der Waals surface area contributed by atoms with Crippen molar-refractivity contribution in [2.45, 2.75) is 17.7 Å². The van der Waals surface area contributed by atoms with Crippen LogP contribution in [0.15, 0.2) is 22.7 Å². The molecule has 0 spiro atoms. The lowest BCUT2D eigenvalue weighted by atomic mass is 9.91. The number of halogens is 2. The van der Waals surface area contributed by atoms with Gasteiger partial charge in [0.15, 0.2) is 5.78 Å². The van der Waals surface area contributed by atoms with Crippen molar-refractivity contribution in [2.75, 3.05) is 0 Å². The van der Waals surface area contributed by atoms with E-state index in [4.69, 9.17) is 0 Å². The van der Waals surface area contributed by atoms with Gasteiger partial charge in [0.2, 0.25) is 0 Å². The highest BCUT2D eigenvalue weighted by molar-refractivity contribution is 9.10. The maximum absolute atomic E-state index is 11.7. The molecule has 3 heteroatoms. The van der Waals surface area contributed by atoms with Crippen molar-refractivity contribution in [2.24, 2.45) is 0 Å². The Morgan fingerprint density at radius 3 is 2.92 bits per heavy atom. The number of alkyl halides is 1. The molecule has 0 radical (unpaired) electrons. The van der Waals surface area contributed by atoms with Crippen LogP contribution in [-0.4, -0.2) is 10.6 Å². The quantitative estimate of drug-likeness (QED) is 0.672. The Hall–Kier alpha value is -0.150. The molecule has 0 saturated heterocycles. The highest BCUT2D eigenvalue weighted by Gasteiger charge is 2.24. The van der Waals surface area contributed by atoms with Gasteiger partial charge in [-0.15, -0.1) is 0 Å². The van der Waals surface area contributed by atoms with Gasteiger partial charge in [-0.05, 0) is 30.5 Å². The smallest absolute Gasteiger partial charge is 0.176 e. The number of ketones is 1. The molecule has 0 aromatic heterocycles. The fraction of sp³-hybridized carbons (Fsp3) is 0.300. The van der Waals surface area contributed by atoms with Gasteiger partial charge in [0, 0.05) is 10.0 Å². The van der Waals surface area contributed by atoms with Gasteiger partial charge >= 0.3 is 0 Å². The predicted octanol–water partition coefficient (Wildman–Crippen LogP) is 3.34. The predicted molar refractivity (Wildman–Crippen MR) is 59.5 cm³/mol. The molecule has 0 saturated carbocycles. The summed E-state index contributed by atoms with van der Waals surface area (Å²) in [6.45, 7) is 0. The first-order valence-electron chi connectivity index (χ1n) is 4.15. The number of hydrogen-bond acceptors (Lipinski definition) is 1. The number of Topliss-reactive ketones (excluding diaryl/α,β-unsaturated/α-hetero) is 1. The van der Waals surface area contributed by atoms with E-state index in [0.29, 0.717) is 0 Å². The molecule has 0 fully saturated rings. The number of aryl methyl sites for hydroxylation is 1. The van der Waals surface area contributed by atoms with Gasteiger partial charge in [-0.25, -0.2) is 0 Å². The average molecular weight is 304 g/mol. The van der Waals surface area contributed by atoms with E-state index in [1.54, 1.807) is 0 Å². The second kappa shape index (κ2) is 3.54. The number of benzene rings is 1. The van der Waals surface area contributed by atoms with Crippen molar-refractivity contribution in [3.05, 3.63) is 33.8 Å². The molecule has 1 nitrogen and oxygen atoms in total. The third-order valence-electron chi connectivity index (χ3n) is 2.29. The van der Waals surface area contributed by atoms with E-state index in [1.165, 1.54) is 5.56 Å². The van der Waals surface area contributed by atoms with E-state index in [-0.39, 0.29) is 10.6 Å². The highest BCUT2D eigenvalue weighted by Crippen LogP contribution is 2.27. The fourth-order valence-corrected chi connectivity index (χ4v) is 2.41. The first-order valence-corrected chi connectivity index (χ1v) is 5.86. The Balaban J connectivity index is 2.51. The lowest BCUT2D eigenvalue weighted by molar-refractivity contribution is 0.0981. The molecule has 0 aliphatic heterocycles. The molecule has 1 aliphatic rings. The van der Waals surface area contributed by atoms with Crippen molar-refractivity contribution in [3.63, 3.8) is 0 Å². The molecule has 13 heavy (non-hydrogen) atoms. The molecule has 0 amide bonds. The minimum atomic E-state index is 0.00861. The van der Waals surface area contributed by atoms with Crippen LogP contribution in [0.4, 0.5) is 0 Å². The maximum Gasteiger partial charge on any atom is 0.176 e. The summed E-state index contributed by atoms with van der Waals surface area (Å²) in [5.41, 5.74) is 2.03. The zero-order chi connectivity index (χ0) is 9.42. The second-order valence-corrected chi connectivity index (χ2v) is 5.19. The van der Waals surface area contributed by atoms with Crippen molar-refractivity contribution >= 4 is 37.6 Å². The first kappa shape index (κ1) is 9.41. The van der Waals surface area contributed by atoms with E-state index < -0.39 is 0 Å². The molecule has 2 rings (SSSR count). The molecule has 1 aromatic rings. The van der Waals surface area contributed by atoms with E-state index >= 15 is 0 Å². The van der Waals surface area contributed by atoms with Gasteiger partial charge in [-0.1, -0.05) is 37.9 Å². The molecule has 1 atom stereocenters. The summed E-state index contributed by atoms with van der Waals surface area (Å²) in [6.07, 6.45) is 1.90. The lowest BCUT2D eigenvalue weighted by Crippen LogP contribution is -2.22. The van der Waals surface area contributed by atoms with Crippen molar-refractivity contribution in [3.8, 4) is 0 Å². The Bertz CT molecular complexity index is 360. The van der Waals surface area contributed by atoms with Crippen LogP contribution < -0.4 is 0 Å². The average Bonchev–Trinajstić information content (AvgIpc) is 2.12. The standard InChI is InChI=1S/C10H8Br2O/c11-7-3-1-6-2-4-9(12)10(13)8(6)5-7/h1,3,5,9H,2,4H2/t9-/m1/s1. The molecular weight excluding hydrogens is 296 g/mol. The van der Waals surface area contributed by atoms with Crippen LogP contribution in [0.5, 0.6) is 0 Å². The van der Waals surface area contributed by atoms with Crippen LogP contribution in [0.1, 0.15) is 22.3 Å². The number of rotatable bonds is 0. The Kier molecular flexibility index (Phi) is 2.56. The molecule has 0 unspecified atom stereocenters. The molecule has 0 bridgehead atoms. The van der Waals surface area contributed by atoms with Crippen LogP contribution >= 0.6 is 31.9 Å². The van der Waals surface area contributed by atoms with Gasteiger partial charge in [0.1, 0.15) is 0 Å². The summed E-state index contributed by atoms with van der Waals surface area (Å²) in [6, 6.07) is 5.92. The topological polar surface area (TPSA) is 17.1 Å². The van der Waals surface area contributed by atoms with E-state index in [0.717, 1.165) is 22.9 Å². The molecule has 1 aromatic carbocycles. The molecule has 0 N–H and O–H groups in total. The SMILES string of the molecule is O=C1c2cc(Br)ccc2CC[C@H]1Br. The van der Waals surface area contributed by atoms with Crippen LogP contribution in [0.2, 0.25) is 0 Å². The third kappa shape index (κ3) is 1.72. The Labute approximate surface area is 93.8 Å². The number of carbonyl (C=O) groups excluding carboxylic acids is 1. The second-order valence-electron chi connectivity index (χ2n) is 3.17. The van der Waals surface area contributed by atoms with Crippen molar-refractivity contribution in [1.29, 1.82) is 0 Å². The highest BCUT2D eigenvalue weighted by atomic mass is 79.9. The van der Waals surface area contributed by atoms with E-state index in [2.05, 4.69) is 31.9 Å². The molecule has 0 heterocycles. The van der Waals surface area contributed by atoms with E-state index in [1.807, 2.05) is 18.2 Å². The summed E-state index contributed by atoms with van der Waals surface area (Å²) in [4.78, 5) is 11.7. The molecule has 1 aliphatic carbocycles. The van der Waals surface area contributed by atoms with Crippen LogP contribution in [0, 0.1) is 0 Å². The Morgan fingerprint density at radius 2 is 2.15 bits per heavy atom. The van der Waals surface area contributed by atoms with Crippen molar-refractivity contribution in [1.82, 2.24) is 0 Å². The minimum Gasteiger partial charge on any atom is -0.293 e. The summed E-state index contributed by atoms with van der Waals surface area (Å²) in [5, 5.41) is 0. The number of carbonyl (C=O) groups is 1. The van der Waals surface area contributed by atoms with Gasteiger partial charge in [0.05, 0.1) is 4.83 Å². The molecule has 68 valence electrons. The van der Waals surface area contributed by atoms with E-state index in [9.17, 15) is 4.79 Å². The monoisotopic (exact) mass is 302 g/mol. The molecular formula is C10H8Br2O. The van der Waals surface area contributed by atoms with Crippen LogP contribution in [0.25, 0.3) is 0 Å². The fourth-order valence-electron chi connectivity index (χ4n) is 1.58. The van der Waals surface area contributed by atoms with Crippen LogP contribution in [0.3, 0.4) is 0 Å².